The third-order valence-corrected chi connectivity index (χ3v) is 6.23. The molecule has 1 aliphatic rings. The van der Waals surface area contributed by atoms with Crippen LogP contribution in [0.2, 0.25) is 0 Å². The van der Waals surface area contributed by atoms with Gasteiger partial charge in [0.1, 0.15) is 12.6 Å². The van der Waals surface area contributed by atoms with Crippen molar-refractivity contribution in [1.82, 2.24) is 5.32 Å². The number of aliphatic carboxylic acids is 1. The van der Waals surface area contributed by atoms with Gasteiger partial charge in [-0.25, -0.2) is 9.59 Å². The fourth-order valence-corrected chi connectivity index (χ4v) is 3.74. The number of ether oxygens (including phenoxy) is 1. The van der Waals surface area contributed by atoms with Gasteiger partial charge in [0.2, 0.25) is 0 Å². The molecule has 5 nitrogen and oxygen atoms in total. The fourth-order valence-electron chi connectivity index (χ4n) is 3.74. The Kier molecular flexibility index (Phi) is 5.96. The fraction of sp³-hybridized carbons (Fsp3) is 0.417. The molecular weight excluding hydrogens is 366 g/mol. The Labute approximate surface area is 172 Å². The third kappa shape index (κ3) is 4.44. The number of carbonyl (C=O) groups is 2. The SMILES string of the molecule is CC(C)C(C)(C)CC(NC(=O)OCC1c2ccccc2-c2ccccc21)C(=O)O. The molecule has 0 heterocycles. The maximum absolute atomic E-state index is 12.4. The van der Waals surface area contributed by atoms with Gasteiger partial charge >= 0.3 is 12.1 Å². The second-order valence-corrected chi connectivity index (χ2v) is 8.71. The van der Waals surface area contributed by atoms with Crippen LogP contribution in [0.1, 0.15) is 51.2 Å². The number of carbonyl (C=O) groups excluding carboxylic acids is 1. The minimum absolute atomic E-state index is 0.0523. The monoisotopic (exact) mass is 395 g/mol. The Morgan fingerprint density at radius 3 is 2.03 bits per heavy atom. The molecule has 0 radical (unpaired) electrons. The van der Waals surface area contributed by atoms with E-state index in [2.05, 4.69) is 17.4 Å². The lowest BCUT2D eigenvalue weighted by molar-refractivity contribution is -0.140. The molecule has 1 unspecified atom stereocenters. The molecule has 0 saturated carbocycles. The number of alkyl carbamates (subject to hydrolysis) is 1. The first-order valence-corrected chi connectivity index (χ1v) is 10.0. The lowest BCUT2D eigenvalue weighted by Gasteiger charge is -2.32. The molecule has 154 valence electrons. The van der Waals surface area contributed by atoms with E-state index in [1.165, 1.54) is 0 Å². The standard InChI is InChI=1S/C24H29NO4/c1-15(2)24(3,4)13-21(22(26)27)25-23(28)29-14-20-18-11-7-5-9-16(18)17-10-6-8-12-19(17)20/h5-12,15,20-21H,13-14H2,1-4H3,(H,25,28)(H,26,27). The minimum atomic E-state index is -1.05. The minimum Gasteiger partial charge on any atom is -0.480 e. The Hall–Kier alpha value is -2.82. The van der Waals surface area contributed by atoms with Gasteiger partial charge in [-0.15, -0.1) is 0 Å². The van der Waals surface area contributed by atoms with Crippen LogP contribution in [0, 0.1) is 11.3 Å². The van der Waals surface area contributed by atoms with Crippen LogP contribution >= 0.6 is 0 Å². The van der Waals surface area contributed by atoms with E-state index >= 15 is 0 Å². The van der Waals surface area contributed by atoms with Crippen LogP contribution in [0.25, 0.3) is 11.1 Å². The second-order valence-electron chi connectivity index (χ2n) is 8.71. The highest BCUT2D eigenvalue weighted by Gasteiger charge is 2.33. The zero-order valence-corrected chi connectivity index (χ0v) is 17.4. The number of rotatable bonds is 7. The van der Waals surface area contributed by atoms with E-state index in [1.54, 1.807) is 0 Å². The zero-order chi connectivity index (χ0) is 21.2. The van der Waals surface area contributed by atoms with Gasteiger partial charge in [0.15, 0.2) is 0 Å². The Morgan fingerprint density at radius 1 is 1.03 bits per heavy atom. The van der Waals surface area contributed by atoms with Crippen LogP contribution < -0.4 is 5.32 Å². The molecule has 0 aromatic heterocycles. The quantitative estimate of drug-likeness (QED) is 0.688. The maximum atomic E-state index is 12.4. The van der Waals surface area contributed by atoms with Crippen LogP contribution in [-0.2, 0) is 9.53 Å². The molecule has 1 amide bonds. The highest BCUT2D eigenvalue weighted by Crippen LogP contribution is 2.44. The summed E-state index contributed by atoms with van der Waals surface area (Å²) in [6, 6.07) is 15.2. The summed E-state index contributed by atoms with van der Waals surface area (Å²) >= 11 is 0. The molecule has 0 fully saturated rings. The predicted octanol–water partition coefficient (Wildman–Crippen LogP) is 5.05. The van der Waals surface area contributed by atoms with Crippen molar-refractivity contribution >= 4 is 12.1 Å². The van der Waals surface area contributed by atoms with Gasteiger partial charge in [-0.2, -0.15) is 0 Å². The molecule has 1 atom stereocenters. The number of benzene rings is 2. The summed E-state index contributed by atoms with van der Waals surface area (Å²) in [7, 11) is 0. The van der Waals surface area contributed by atoms with E-state index < -0.39 is 18.1 Å². The number of carboxylic acids is 1. The van der Waals surface area contributed by atoms with Gasteiger partial charge < -0.3 is 15.2 Å². The van der Waals surface area contributed by atoms with E-state index in [4.69, 9.17) is 4.74 Å². The molecule has 1 aliphatic carbocycles. The molecule has 0 saturated heterocycles. The van der Waals surface area contributed by atoms with E-state index in [1.807, 2.05) is 64.1 Å². The molecule has 0 bridgehead atoms. The smallest absolute Gasteiger partial charge is 0.407 e. The normalized spacial score (nSPS) is 14.2. The van der Waals surface area contributed by atoms with Gasteiger partial charge in [-0.05, 0) is 40.0 Å². The highest BCUT2D eigenvalue weighted by atomic mass is 16.5. The van der Waals surface area contributed by atoms with Crippen molar-refractivity contribution in [3.63, 3.8) is 0 Å². The zero-order valence-electron chi connectivity index (χ0n) is 17.4. The number of nitrogens with one attached hydrogen (secondary N) is 1. The predicted molar refractivity (Wildman–Crippen MR) is 113 cm³/mol. The first kappa shape index (κ1) is 20.9. The van der Waals surface area contributed by atoms with Crippen molar-refractivity contribution in [2.75, 3.05) is 6.61 Å². The van der Waals surface area contributed by atoms with Crippen molar-refractivity contribution in [1.29, 1.82) is 0 Å². The van der Waals surface area contributed by atoms with Crippen LogP contribution in [-0.4, -0.2) is 29.8 Å². The Bertz CT molecular complexity index is 858. The largest absolute Gasteiger partial charge is 0.480 e. The molecule has 2 aromatic rings. The van der Waals surface area contributed by atoms with Crippen molar-refractivity contribution in [2.24, 2.45) is 11.3 Å². The van der Waals surface area contributed by atoms with E-state index in [0.29, 0.717) is 6.42 Å². The van der Waals surface area contributed by atoms with E-state index in [0.717, 1.165) is 22.3 Å². The Morgan fingerprint density at radius 2 is 1.55 bits per heavy atom. The van der Waals surface area contributed by atoms with Crippen LogP contribution in [0.15, 0.2) is 48.5 Å². The topological polar surface area (TPSA) is 75.6 Å². The summed E-state index contributed by atoms with van der Waals surface area (Å²) in [4.78, 5) is 24.1. The van der Waals surface area contributed by atoms with Crippen LogP contribution in [0.4, 0.5) is 4.79 Å². The van der Waals surface area contributed by atoms with E-state index in [9.17, 15) is 14.7 Å². The maximum Gasteiger partial charge on any atom is 0.407 e. The number of carboxylic acid groups (broad SMARTS) is 1. The van der Waals surface area contributed by atoms with Crippen LogP contribution in [0.5, 0.6) is 0 Å². The van der Waals surface area contributed by atoms with Gasteiger partial charge in [-0.1, -0.05) is 76.2 Å². The lowest BCUT2D eigenvalue weighted by Crippen LogP contribution is -2.44. The number of fused-ring (bicyclic) bond motifs is 3. The van der Waals surface area contributed by atoms with Crippen molar-refractivity contribution < 1.29 is 19.4 Å². The average Bonchev–Trinajstić information content (AvgIpc) is 2.99. The first-order valence-electron chi connectivity index (χ1n) is 10.0. The lowest BCUT2D eigenvalue weighted by atomic mass is 9.76. The number of hydrogen-bond donors (Lipinski definition) is 2. The average molecular weight is 395 g/mol. The molecule has 5 heteroatoms. The van der Waals surface area contributed by atoms with Gasteiger partial charge in [0, 0.05) is 5.92 Å². The summed E-state index contributed by atoms with van der Waals surface area (Å²) in [5.74, 6) is -0.815. The number of hydrogen-bond acceptors (Lipinski definition) is 3. The second kappa shape index (κ2) is 8.27. The van der Waals surface area contributed by atoms with Gasteiger partial charge in [0.05, 0.1) is 0 Å². The number of amides is 1. The highest BCUT2D eigenvalue weighted by molar-refractivity contribution is 5.81. The molecular formula is C24H29NO4. The van der Waals surface area contributed by atoms with Crippen molar-refractivity contribution in [2.45, 2.75) is 46.1 Å². The molecule has 0 spiro atoms. The molecule has 29 heavy (non-hydrogen) atoms. The third-order valence-electron chi connectivity index (χ3n) is 6.23. The van der Waals surface area contributed by atoms with Crippen LogP contribution in [0.3, 0.4) is 0 Å². The molecule has 3 rings (SSSR count). The molecule has 0 aliphatic heterocycles. The summed E-state index contributed by atoms with van der Waals surface area (Å²) in [6.07, 6.45) is -0.358. The first-order chi connectivity index (χ1) is 13.7. The van der Waals surface area contributed by atoms with Gasteiger partial charge in [-0.3, -0.25) is 0 Å². The van der Waals surface area contributed by atoms with Crippen molar-refractivity contribution in [3.05, 3.63) is 59.7 Å². The summed E-state index contributed by atoms with van der Waals surface area (Å²) < 4.78 is 5.48. The summed E-state index contributed by atoms with van der Waals surface area (Å²) in [5, 5.41) is 12.1. The van der Waals surface area contributed by atoms with Crippen molar-refractivity contribution in [3.8, 4) is 11.1 Å². The summed E-state index contributed by atoms with van der Waals surface area (Å²) in [6.45, 7) is 8.28. The Balaban J connectivity index is 1.68. The molecule has 2 N–H and O–H groups in total. The van der Waals surface area contributed by atoms with Gasteiger partial charge in [0.25, 0.3) is 0 Å². The summed E-state index contributed by atoms with van der Waals surface area (Å²) in [5.41, 5.74) is 4.33. The molecule has 2 aromatic carbocycles. The van der Waals surface area contributed by atoms with E-state index in [-0.39, 0.29) is 23.9 Å².